The van der Waals surface area contributed by atoms with E-state index in [0.29, 0.717) is 55.1 Å². The molecule has 2 aliphatic rings. The van der Waals surface area contributed by atoms with Crippen LogP contribution in [0.5, 0.6) is 0 Å². The zero-order valence-corrected chi connectivity index (χ0v) is 17.9. The Morgan fingerprint density at radius 3 is 2.61 bits per heavy atom. The number of carbonyl (C=O) groups is 1. The van der Waals surface area contributed by atoms with Gasteiger partial charge in [0.1, 0.15) is 11.6 Å². The molecule has 1 aliphatic heterocycles. The number of hydrogen-bond donors (Lipinski definition) is 1. The van der Waals surface area contributed by atoms with E-state index in [1.54, 1.807) is 29.2 Å². The zero-order chi connectivity index (χ0) is 21.8. The van der Waals surface area contributed by atoms with Gasteiger partial charge < -0.3 is 19.9 Å². The maximum Gasteiger partial charge on any atom is 0.254 e. The van der Waals surface area contributed by atoms with Crippen LogP contribution in [0.25, 0.3) is 0 Å². The molecule has 1 saturated heterocycles. The molecule has 31 heavy (non-hydrogen) atoms. The van der Waals surface area contributed by atoms with Crippen LogP contribution in [0.1, 0.15) is 23.2 Å². The number of nitrogens with one attached hydrogen (secondary N) is 1. The van der Waals surface area contributed by atoms with Gasteiger partial charge in [-0.2, -0.15) is 0 Å². The molecule has 2 aromatic rings. The lowest BCUT2D eigenvalue weighted by Gasteiger charge is -2.37. The summed E-state index contributed by atoms with van der Waals surface area (Å²) in [4.78, 5) is 16.8. The van der Waals surface area contributed by atoms with Gasteiger partial charge >= 0.3 is 0 Å². The van der Waals surface area contributed by atoms with Crippen LogP contribution in [0.3, 0.4) is 0 Å². The largest absolute Gasteiger partial charge is 0.373 e. The van der Waals surface area contributed by atoms with Crippen LogP contribution in [-0.4, -0.2) is 59.7 Å². The van der Waals surface area contributed by atoms with Crippen molar-refractivity contribution in [2.45, 2.75) is 18.9 Å². The molecule has 0 bridgehead atoms. The van der Waals surface area contributed by atoms with Gasteiger partial charge in [0.15, 0.2) is 5.11 Å². The normalized spacial score (nSPS) is 18.5. The summed E-state index contributed by atoms with van der Waals surface area (Å²) in [5.41, 5.74) is 1.06. The predicted octanol–water partition coefficient (Wildman–Crippen LogP) is 3.91. The summed E-state index contributed by atoms with van der Waals surface area (Å²) >= 11 is 5.52. The van der Waals surface area contributed by atoms with Crippen LogP contribution in [0.15, 0.2) is 48.5 Å². The van der Waals surface area contributed by atoms with Crippen LogP contribution < -0.4 is 5.32 Å². The second-order valence-electron chi connectivity index (χ2n) is 8.04. The fourth-order valence-electron chi connectivity index (χ4n) is 3.65. The summed E-state index contributed by atoms with van der Waals surface area (Å²) in [7, 11) is 0. The van der Waals surface area contributed by atoms with E-state index < -0.39 is 5.82 Å². The van der Waals surface area contributed by atoms with Crippen molar-refractivity contribution >= 4 is 28.9 Å². The Hall–Kier alpha value is -2.58. The highest BCUT2D eigenvalue weighted by molar-refractivity contribution is 7.80. The van der Waals surface area contributed by atoms with Gasteiger partial charge in [0.2, 0.25) is 0 Å². The average Bonchev–Trinajstić information content (AvgIpc) is 3.59. The molecule has 4 rings (SSSR count). The van der Waals surface area contributed by atoms with Gasteiger partial charge in [-0.3, -0.25) is 4.79 Å². The number of morpholine rings is 1. The number of anilines is 1. The molecule has 1 aliphatic carbocycles. The summed E-state index contributed by atoms with van der Waals surface area (Å²) in [5.74, 6) is -0.409. The first kappa shape index (κ1) is 21.6. The van der Waals surface area contributed by atoms with Gasteiger partial charge in [-0.25, -0.2) is 8.78 Å². The van der Waals surface area contributed by atoms with E-state index in [1.807, 2.05) is 4.90 Å². The minimum Gasteiger partial charge on any atom is -0.373 e. The Kier molecular flexibility index (Phi) is 6.77. The molecule has 1 heterocycles. The Morgan fingerprint density at radius 2 is 1.90 bits per heavy atom. The first-order valence-corrected chi connectivity index (χ1v) is 10.9. The van der Waals surface area contributed by atoms with E-state index in [0.717, 1.165) is 12.8 Å². The Morgan fingerprint density at radius 1 is 1.13 bits per heavy atom. The number of thiocarbonyl (C=S) groups is 1. The number of amides is 1. The minimum absolute atomic E-state index is 0.181. The molecule has 2 fully saturated rings. The first-order chi connectivity index (χ1) is 15.0. The van der Waals surface area contributed by atoms with E-state index in [1.165, 1.54) is 24.3 Å². The topological polar surface area (TPSA) is 44.8 Å². The molecule has 1 N–H and O–H groups in total. The smallest absolute Gasteiger partial charge is 0.254 e. The maximum atomic E-state index is 13.6. The summed E-state index contributed by atoms with van der Waals surface area (Å²) in [6.07, 6.45) is 2.00. The summed E-state index contributed by atoms with van der Waals surface area (Å²) in [6.45, 7) is 2.71. The monoisotopic (exact) mass is 445 g/mol. The third kappa shape index (κ3) is 5.98. The predicted molar refractivity (Wildman–Crippen MR) is 119 cm³/mol. The lowest BCUT2D eigenvalue weighted by atomic mass is 10.1. The van der Waals surface area contributed by atoms with Gasteiger partial charge in [-0.1, -0.05) is 6.07 Å². The van der Waals surface area contributed by atoms with Crippen molar-refractivity contribution < 1.29 is 18.3 Å². The van der Waals surface area contributed by atoms with Crippen molar-refractivity contribution in [2.24, 2.45) is 5.92 Å². The number of rotatable bonds is 6. The second-order valence-corrected chi connectivity index (χ2v) is 8.43. The van der Waals surface area contributed by atoms with Crippen LogP contribution in [0, 0.1) is 17.6 Å². The van der Waals surface area contributed by atoms with Gasteiger partial charge in [0.05, 0.1) is 12.7 Å². The third-order valence-electron chi connectivity index (χ3n) is 5.48. The molecule has 8 heteroatoms. The molecule has 0 radical (unpaired) electrons. The van der Waals surface area contributed by atoms with Crippen LogP contribution in [0.2, 0.25) is 0 Å². The van der Waals surface area contributed by atoms with Gasteiger partial charge in [0, 0.05) is 37.4 Å². The lowest BCUT2D eigenvalue weighted by molar-refractivity contribution is -0.0209. The number of benzene rings is 2. The van der Waals surface area contributed by atoms with Crippen molar-refractivity contribution in [1.29, 1.82) is 0 Å². The highest BCUT2D eigenvalue weighted by Crippen LogP contribution is 2.30. The summed E-state index contributed by atoms with van der Waals surface area (Å²) in [5, 5.41) is 3.66. The number of nitrogens with zero attached hydrogens (tertiary/aromatic N) is 2. The molecule has 164 valence electrons. The van der Waals surface area contributed by atoms with E-state index in [9.17, 15) is 13.6 Å². The summed E-state index contributed by atoms with van der Waals surface area (Å²) < 4.78 is 32.7. The molecule has 0 aromatic heterocycles. The molecule has 5 nitrogen and oxygen atoms in total. The van der Waals surface area contributed by atoms with Gasteiger partial charge in [-0.05, 0) is 73.4 Å². The maximum absolute atomic E-state index is 13.6. The number of halogens is 2. The molecule has 1 saturated carbocycles. The molecule has 1 atom stereocenters. The van der Waals surface area contributed by atoms with Crippen molar-refractivity contribution in [1.82, 2.24) is 9.80 Å². The highest BCUT2D eigenvalue weighted by atomic mass is 32.1. The fraction of sp³-hybridized carbons (Fsp3) is 0.391. The van der Waals surface area contributed by atoms with Crippen molar-refractivity contribution in [3.8, 4) is 0 Å². The summed E-state index contributed by atoms with van der Waals surface area (Å²) in [6, 6.07) is 11.8. The number of carbonyl (C=O) groups excluding carboxylic acids is 1. The molecule has 1 amide bonds. The highest BCUT2D eigenvalue weighted by Gasteiger charge is 2.31. The zero-order valence-electron chi connectivity index (χ0n) is 17.1. The number of hydrogen-bond acceptors (Lipinski definition) is 3. The molecular formula is C23H25F2N3O2S. The molecule has 1 unspecified atom stereocenters. The van der Waals surface area contributed by atoms with E-state index >= 15 is 0 Å². The van der Waals surface area contributed by atoms with Crippen molar-refractivity contribution in [3.05, 3.63) is 65.7 Å². The lowest BCUT2D eigenvalue weighted by Crippen LogP contribution is -2.51. The third-order valence-corrected chi connectivity index (χ3v) is 5.84. The quantitative estimate of drug-likeness (QED) is 0.683. The first-order valence-electron chi connectivity index (χ1n) is 10.5. The standard InChI is InChI=1S/C23H25F2N3O2S/c24-18-6-8-20(9-7-18)26-23(31)27-10-11-30-21(14-27)15-28(13-16-4-5-16)22(29)17-2-1-3-19(25)12-17/h1-3,6-9,12,16,21H,4-5,10-11,13-15H2,(H,26,31). The van der Waals surface area contributed by atoms with Crippen LogP contribution in [-0.2, 0) is 4.74 Å². The van der Waals surface area contributed by atoms with Gasteiger partial charge in [-0.15, -0.1) is 0 Å². The van der Waals surface area contributed by atoms with Gasteiger partial charge in [0.25, 0.3) is 5.91 Å². The van der Waals surface area contributed by atoms with Crippen LogP contribution in [0.4, 0.5) is 14.5 Å². The molecular weight excluding hydrogens is 420 g/mol. The SMILES string of the molecule is O=C(c1cccc(F)c1)N(CC1CC1)CC1CN(C(=S)Nc2ccc(F)cc2)CCO1. The fourth-order valence-corrected chi connectivity index (χ4v) is 3.94. The Labute approximate surface area is 186 Å². The van der Waals surface area contributed by atoms with E-state index in [2.05, 4.69) is 5.32 Å². The van der Waals surface area contributed by atoms with E-state index in [-0.39, 0.29) is 17.8 Å². The molecule has 2 aromatic carbocycles. The number of ether oxygens (including phenoxy) is 1. The van der Waals surface area contributed by atoms with Crippen LogP contribution >= 0.6 is 12.2 Å². The molecule has 0 spiro atoms. The van der Waals surface area contributed by atoms with E-state index in [4.69, 9.17) is 17.0 Å². The average molecular weight is 446 g/mol. The minimum atomic E-state index is -0.422. The van der Waals surface area contributed by atoms with Crippen molar-refractivity contribution in [3.63, 3.8) is 0 Å². The Balaban J connectivity index is 1.39. The second kappa shape index (κ2) is 9.70. The Bertz CT molecular complexity index is 937. The van der Waals surface area contributed by atoms with Crippen molar-refractivity contribution in [2.75, 3.05) is 38.1 Å².